The Labute approximate surface area is 116 Å². The molecule has 4 nitrogen and oxygen atoms in total. The highest BCUT2D eigenvalue weighted by Gasteiger charge is 2.13. The van der Waals surface area contributed by atoms with Gasteiger partial charge in [-0.2, -0.15) is 0 Å². The second kappa shape index (κ2) is 4.92. The molecule has 0 radical (unpaired) electrons. The topological polar surface area (TPSA) is 56.7 Å². The summed E-state index contributed by atoms with van der Waals surface area (Å²) in [5.74, 6) is 0.485. The number of nitrogens with two attached hydrogens (primary N) is 1. The minimum atomic E-state index is -0.258. The van der Waals surface area contributed by atoms with Gasteiger partial charge in [-0.25, -0.2) is 9.37 Å². The van der Waals surface area contributed by atoms with Crippen LogP contribution >= 0.6 is 0 Å². The van der Waals surface area contributed by atoms with E-state index in [2.05, 4.69) is 16.9 Å². The Hall–Kier alpha value is -2.43. The second-order valence-corrected chi connectivity index (χ2v) is 4.70. The smallest absolute Gasteiger partial charge is 0.159 e. The van der Waals surface area contributed by atoms with E-state index in [1.165, 1.54) is 12.1 Å². The number of benzene rings is 1. The van der Waals surface area contributed by atoms with E-state index in [1.54, 1.807) is 18.3 Å². The van der Waals surface area contributed by atoms with Crippen LogP contribution in [0.5, 0.6) is 0 Å². The van der Waals surface area contributed by atoms with Gasteiger partial charge in [0.15, 0.2) is 5.82 Å². The van der Waals surface area contributed by atoms with Crippen LogP contribution in [-0.2, 0) is 6.54 Å². The van der Waals surface area contributed by atoms with Gasteiger partial charge in [0.2, 0.25) is 0 Å². The average molecular weight is 270 g/mol. The van der Waals surface area contributed by atoms with E-state index in [1.807, 2.05) is 10.6 Å². The van der Waals surface area contributed by atoms with Crippen LogP contribution < -0.4 is 5.73 Å². The fourth-order valence-corrected chi connectivity index (χ4v) is 2.28. The zero-order valence-electron chi connectivity index (χ0n) is 11.2. The molecule has 102 valence electrons. The Bertz CT molecular complexity index is 746. The number of hydrogen-bond acceptors (Lipinski definition) is 3. The van der Waals surface area contributed by atoms with Crippen LogP contribution in [0, 0.1) is 5.82 Å². The SMILES string of the molecule is CCCn1c(-c2ccc(N)cn2)nc2ccc(F)cc21. The molecule has 0 unspecified atom stereocenters. The second-order valence-electron chi connectivity index (χ2n) is 4.70. The molecule has 3 aromatic rings. The van der Waals surface area contributed by atoms with Crippen LogP contribution in [0.1, 0.15) is 13.3 Å². The van der Waals surface area contributed by atoms with Crippen LogP contribution in [0.25, 0.3) is 22.6 Å². The number of rotatable bonds is 3. The summed E-state index contributed by atoms with van der Waals surface area (Å²) in [6.45, 7) is 2.84. The van der Waals surface area contributed by atoms with Crippen LogP contribution in [0.3, 0.4) is 0 Å². The van der Waals surface area contributed by atoms with Crippen molar-refractivity contribution in [3.63, 3.8) is 0 Å². The first kappa shape index (κ1) is 12.6. The highest BCUT2D eigenvalue weighted by atomic mass is 19.1. The lowest BCUT2D eigenvalue weighted by Gasteiger charge is -2.07. The zero-order chi connectivity index (χ0) is 14.1. The van der Waals surface area contributed by atoms with Crippen molar-refractivity contribution in [3.05, 3.63) is 42.3 Å². The van der Waals surface area contributed by atoms with Crippen molar-refractivity contribution in [1.82, 2.24) is 14.5 Å². The molecule has 0 aliphatic heterocycles. The molecule has 0 bridgehead atoms. The minimum absolute atomic E-state index is 0.258. The summed E-state index contributed by atoms with van der Waals surface area (Å²) in [5, 5.41) is 0. The number of halogens is 1. The third kappa shape index (κ3) is 2.11. The molecule has 0 saturated carbocycles. The first-order valence-electron chi connectivity index (χ1n) is 6.56. The number of fused-ring (bicyclic) bond motifs is 1. The number of nitrogen functional groups attached to an aromatic ring is 1. The number of aryl methyl sites for hydroxylation is 1. The molecule has 5 heteroatoms. The summed E-state index contributed by atoms with van der Waals surface area (Å²) in [7, 11) is 0. The third-order valence-electron chi connectivity index (χ3n) is 3.17. The fourth-order valence-electron chi connectivity index (χ4n) is 2.28. The molecule has 0 saturated heterocycles. The molecule has 0 aliphatic carbocycles. The lowest BCUT2D eigenvalue weighted by atomic mass is 10.3. The van der Waals surface area contributed by atoms with E-state index in [4.69, 9.17) is 5.73 Å². The van der Waals surface area contributed by atoms with Crippen LogP contribution in [-0.4, -0.2) is 14.5 Å². The molecule has 0 aliphatic rings. The van der Waals surface area contributed by atoms with Crippen molar-refractivity contribution in [3.8, 4) is 11.5 Å². The van der Waals surface area contributed by atoms with Crippen molar-refractivity contribution < 1.29 is 4.39 Å². The summed E-state index contributed by atoms with van der Waals surface area (Å²) in [6, 6.07) is 8.25. The molecule has 2 N–H and O–H groups in total. The van der Waals surface area contributed by atoms with Gasteiger partial charge in [0.25, 0.3) is 0 Å². The molecular weight excluding hydrogens is 255 g/mol. The third-order valence-corrected chi connectivity index (χ3v) is 3.17. The Morgan fingerprint density at radius 3 is 2.80 bits per heavy atom. The van der Waals surface area contributed by atoms with Crippen molar-refractivity contribution in [2.45, 2.75) is 19.9 Å². The van der Waals surface area contributed by atoms with Crippen molar-refractivity contribution in [2.24, 2.45) is 0 Å². The Morgan fingerprint density at radius 2 is 2.10 bits per heavy atom. The molecule has 0 amide bonds. The van der Waals surface area contributed by atoms with Gasteiger partial charge in [-0.15, -0.1) is 0 Å². The van der Waals surface area contributed by atoms with Gasteiger partial charge in [0, 0.05) is 6.54 Å². The summed E-state index contributed by atoms with van der Waals surface area (Å²) in [6.07, 6.45) is 2.54. The predicted octanol–water partition coefficient (Wildman–Crippen LogP) is 3.23. The lowest BCUT2D eigenvalue weighted by molar-refractivity contribution is 0.627. The highest BCUT2D eigenvalue weighted by molar-refractivity contribution is 5.80. The number of hydrogen-bond donors (Lipinski definition) is 1. The van der Waals surface area contributed by atoms with Gasteiger partial charge in [-0.1, -0.05) is 6.92 Å². The number of nitrogens with zero attached hydrogens (tertiary/aromatic N) is 3. The number of imidazole rings is 1. The van der Waals surface area contributed by atoms with Crippen molar-refractivity contribution in [2.75, 3.05) is 5.73 Å². The predicted molar refractivity (Wildman–Crippen MR) is 77.6 cm³/mol. The van der Waals surface area contributed by atoms with Crippen LogP contribution in [0.4, 0.5) is 10.1 Å². The number of anilines is 1. The molecule has 3 rings (SSSR count). The van der Waals surface area contributed by atoms with Gasteiger partial charge < -0.3 is 10.3 Å². The summed E-state index contributed by atoms with van der Waals surface area (Å²) in [4.78, 5) is 8.87. The van der Waals surface area contributed by atoms with Crippen LogP contribution in [0.2, 0.25) is 0 Å². The van der Waals surface area contributed by atoms with E-state index in [0.29, 0.717) is 5.69 Å². The highest BCUT2D eigenvalue weighted by Crippen LogP contribution is 2.25. The quantitative estimate of drug-likeness (QED) is 0.795. The maximum atomic E-state index is 13.4. The van der Waals surface area contributed by atoms with Gasteiger partial charge in [0.1, 0.15) is 11.5 Å². The molecule has 1 aromatic carbocycles. The van der Waals surface area contributed by atoms with E-state index in [9.17, 15) is 4.39 Å². The van der Waals surface area contributed by atoms with Crippen LogP contribution in [0.15, 0.2) is 36.5 Å². The summed E-state index contributed by atoms with van der Waals surface area (Å²) in [5.41, 5.74) is 8.57. The largest absolute Gasteiger partial charge is 0.397 e. The molecule has 0 fully saturated rings. The van der Waals surface area contributed by atoms with E-state index >= 15 is 0 Å². The molecule has 2 heterocycles. The van der Waals surface area contributed by atoms with E-state index in [0.717, 1.165) is 35.5 Å². The van der Waals surface area contributed by atoms with Crippen molar-refractivity contribution >= 4 is 16.7 Å². The normalized spacial score (nSPS) is 11.1. The van der Waals surface area contributed by atoms with E-state index in [-0.39, 0.29) is 5.82 Å². The first-order valence-corrected chi connectivity index (χ1v) is 6.56. The average Bonchev–Trinajstić information content (AvgIpc) is 2.79. The Morgan fingerprint density at radius 1 is 1.25 bits per heavy atom. The zero-order valence-corrected chi connectivity index (χ0v) is 11.2. The van der Waals surface area contributed by atoms with Gasteiger partial charge in [0.05, 0.1) is 22.9 Å². The lowest BCUT2D eigenvalue weighted by Crippen LogP contribution is -2.01. The molecule has 0 atom stereocenters. The first-order chi connectivity index (χ1) is 9.69. The Balaban J connectivity index is 2.23. The van der Waals surface area contributed by atoms with Gasteiger partial charge in [-0.05, 0) is 36.8 Å². The number of aromatic nitrogens is 3. The minimum Gasteiger partial charge on any atom is -0.397 e. The molecule has 0 spiro atoms. The summed E-state index contributed by atoms with van der Waals surface area (Å²) < 4.78 is 15.4. The molecular formula is C15H15FN4. The van der Waals surface area contributed by atoms with Gasteiger partial charge >= 0.3 is 0 Å². The molecule has 2 aromatic heterocycles. The fraction of sp³-hybridized carbons (Fsp3) is 0.200. The maximum Gasteiger partial charge on any atom is 0.159 e. The number of pyridine rings is 1. The monoisotopic (exact) mass is 270 g/mol. The van der Waals surface area contributed by atoms with E-state index < -0.39 is 0 Å². The molecule has 20 heavy (non-hydrogen) atoms. The maximum absolute atomic E-state index is 13.4. The van der Waals surface area contributed by atoms with Gasteiger partial charge in [-0.3, -0.25) is 4.98 Å². The standard InChI is InChI=1S/C15H15FN4/c1-2-7-20-14-8-10(16)3-5-12(14)19-15(20)13-6-4-11(17)9-18-13/h3-6,8-9H,2,7,17H2,1H3. The van der Waals surface area contributed by atoms with Crippen molar-refractivity contribution in [1.29, 1.82) is 0 Å². The Kier molecular flexibility index (Phi) is 3.10. The summed E-state index contributed by atoms with van der Waals surface area (Å²) >= 11 is 0.